The molecule has 4 rings (SSSR count). The fraction of sp³-hybridized carbons (Fsp3) is 0.208. The van der Waals surface area contributed by atoms with Crippen LogP contribution in [0.5, 0.6) is 5.75 Å². The number of carbonyl (C=O) groups excluding carboxylic acids is 1. The van der Waals surface area contributed by atoms with Crippen LogP contribution in [0.1, 0.15) is 27.9 Å². The molecule has 2 heterocycles. The maximum absolute atomic E-state index is 13.0. The van der Waals surface area contributed by atoms with Crippen LogP contribution in [0.3, 0.4) is 0 Å². The van der Waals surface area contributed by atoms with Crippen molar-refractivity contribution in [3.05, 3.63) is 90.1 Å². The molecule has 1 atom stereocenters. The fourth-order valence-corrected chi connectivity index (χ4v) is 3.39. The smallest absolute Gasteiger partial charge is 0.287 e. The lowest BCUT2D eigenvalue weighted by Gasteiger charge is -2.22. The molecule has 0 aliphatic rings. The summed E-state index contributed by atoms with van der Waals surface area (Å²) in [6.07, 6.45) is 1.63. The van der Waals surface area contributed by atoms with E-state index in [1.165, 1.54) is 0 Å². The van der Waals surface area contributed by atoms with Gasteiger partial charge in [0.25, 0.3) is 5.91 Å². The third-order valence-electron chi connectivity index (χ3n) is 4.98. The Morgan fingerprint density at radius 1 is 1.03 bits per heavy atom. The summed E-state index contributed by atoms with van der Waals surface area (Å²) in [4.78, 5) is 15.0. The summed E-state index contributed by atoms with van der Waals surface area (Å²) < 4.78 is 17.3. The van der Waals surface area contributed by atoms with E-state index in [1.807, 2.05) is 85.7 Å². The van der Waals surface area contributed by atoms with Crippen LogP contribution in [-0.2, 0) is 6.61 Å². The number of hydrogen-bond donors (Lipinski definition) is 1. The Balaban J connectivity index is 1.55. The third kappa shape index (κ3) is 4.23. The van der Waals surface area contributed by atoms with Crippen LogP contribution in [0.2, 0.25) is 0 Å². The minimum Gasteiger partial charge on any atom is -0.489 e. The number of carbonyl (C=O) groups is 1. The van der Waals surface area contributed by atoms with Crippen LogP contribution in [0.4, 0.5) is 0 Å². The maximum Gasteiger partial charge on any atom is 0.287 e. The highest BCUT2D eigenvalue weighted by atomic mass is 16.5. The van der Waals surface area contributed by atoms with Gasteiger partial charge in [0.1, 0.15) is 23.7 Å². The van der Waals surface area contributed by atoms with Crippen LogP contribution in [-0.4, -0.2) is 31.4 Å². The van der Waals surface area contributed by atoms with E-state index in [1.54, 1.807) is 6.26 Å². The maximum atomic E-state index is 13.0. The number of fused-ring (bicyclic) bond motifs is 1. The molecule has 0 aliphatic heterocycles. The number of furan rings is 2. The highest BCUT2D eigenvalue weighted by molar-refractivity contribution is 5.99. The van der Waals surface area contributed by atoms with E-state index in [0.29, 0.717) is 12.1 Å². The second-order valence-electron chi connectivity index (χ2n) is 7.21. The van der Waals surface area contributed by atoms with Crippen molar-refractivity contribution in [1.82, 2.24) is 10.2 Å². The van der Waals surface area contributed by atoms with Gasteiger partial charge >= 0.3 is 0 Å². The molecule has 154 valence electrons. The predicted octanol–water partition coefficient (Wildman–Crippen LogP) is 4.64. The van der Waals surface area contributed by atoms with Crippen molar-refractivity contribution in [3.8, 4) is 5.75 Å². The number of para-hydroxylation sites is 2. The number of likely N-dealkylation sites (N-methyl/N-ethyl adjacent to an activating group) is 1. The van der Waals surface area contributed by atoms with E-state index in [-0.39, 0.29) is 24.3 Å². The number of benzene rings is 2. The van der Waals surface area contributed by atoms with Crippen molar-refractivity contribution in [2.24, 2.45) is 0 Å². The Kier molecular flexibility index (Phi) is 5.86. The topological polar surface area (TPSA) is 67.9 Å². The lowest BCUT2D eigenvalue weighted by molar-refractivity contribution is 0.0910. The van der Waals surface area contributed by atoms with Crippen LogP contribution in [0, 0.1) is 0 Å². The minimum absolute atomic E-state index is 0.0858. The number of nitrogens with one attached hydrogen (secondary N) is 1. The molecular weight excluding hydrogens is 380 g/mol. The normalized spacial score (nSPS) is 12.2. The molecule has 4 aromatic rings. The summed E-state index contributed by atoms with van der Waals surface area (Å²) in [6.45, 7) is 0.619. The Bertz CT molecular complexity index is 1100. The van der Waals surface area contributed by atoms with E-state index in [4.69, 9.17) is 13.6 Å². The largest absolute Gasteiger partial charge is 0.489 e. The SMILES string of the molecule is CN(C)C(CNC(=O)c1oc2ccccc2c1COc1ccccc1)c1ccco1. The zero-order valence-electron chi connectivity index (χ0n) is 17.0. The number of nitrogens with zero attached hydrogens (tertiary/aromatic N) is 1. The molecule has 0 aliphatic carbocycles. The van der Waals surface area contributed by atoms with Crippen LogP contribution in [0.25, 0.3) is 11.0 Å². The summed E-state index contributed by atoms with van der Waals surface area (Å²) in [5.41, 5.74) is 1.39. The second kappa shape index (κ2) is 8.88. The highest BCUT2D eigenvalue weighted by Gasteiger charge is 2.23. The molecule has 0 saturated heterocycles. The first kappa shape index (κ1) is 19.8. The number of amides is 1. The summed E-state index contributed by atoms with van der Waals surface area (Å²) >= 11 is 0. The van der Waals surface area contributed by atoms with Gasteiger partial charge in [-0.25, -0.2) is 0 Å². The summed E-state index contributed by atoms with van der Waals surface area (Å²) in [5.74, 6) is 1.51. The Morgan fingerprint density at radius 2 is 1.80 bits per heavy atom. The first-order valence-electron chi connectivity index (χ1n) is 9.80. The third-order valence-corrected chi connectivity index (χ3v) is 4.98. The molecule has 0 saturated carbocycles. The molecule has 0 spiro atoms. The molecule has 30 heavy (non-hydrogen) atoms. The fourth-order valence-electron chi connectivity index (χ4n) is 3.39. The van der Waals surface area contributed by atoms with Crippen molar-refractivity contribution >= 4 is 16.9 Å². The summed E-state index contributed by atoms with van der Waals surface area (Å²) in [7, 11) is 3.89. The van der Waals surface area contributed by atoms with Crippen LogP contribution >= 0.6 is 0 Å². The molecule has 6 nitrogen and oxygen atoms in total. The molecule has 1 amide bonds. The van der Waals surface area contributed by atoms with Gasteiger partial charge in [-0.2, -0.15) is 0 Å². The molecule has 2 aromatic heterocycles. The van der Waals surface area contributed by atoms with E-state index >= 15 is 0 Å². The van der Waals surface area contributed by atoms with Gasteiger partial charge < -0.3 is 18.9 Å². The first-order valence-corrected chi connectivity index (χ1v) is 9.80. The molecule has 0 radical (unpaired) electrons. The summed E-state index contributed by atoms with van der Waals surface area (Å²) in [5, 5.41) is 3.85. The molecule has 0 bridgehead atoms. The molecular formula is C24H24N2O4. The van der Waals surface area contributed by atoms with Crippen molar-refractivity contribution in [2.75, 3.05) is 20.6 Å². The van der Waals surface area contributed by atoms with E-state index in [0.717, 1.165) is 22.5 Å². The molecule has 1 unspecified atom stereocenters. The van der Waals surface area contributed by atoms with E-state index in [9.17, 15) is 4.79 Å². The van der Waals surface area contributed by atoms with Gasteiger partial charge in [-0.1, -0.05) is 36.4 Å². The zero-order chi connectivity index (χ0) is 20.9. The average Bonchev–Trinajstić information content (AvgIpc) is 3.41. The predicted molar refractivity (Wildman–Crippen MR) is 114 cm³/mol. The van der Waals surface area contributed by atoms with E-state index in [2.05, 4.69) is 5.32 Å². The van der Waals surface area contributed by atoms with Gasteiger partial charge in [0.15, 0.2) is 5.76 Å². The van der Waals surface area contributed by atoms with Crippen molar-refractivity contribution in [3.63, 3.8) is 0 Å². The Hall–Kier alpha value is -3.51. The van der Waals surface area contributed by atoms with Crippen molar-refractivity contribution in [2.45, 2.75) is 12.6 Å². The van der Waals surface area contributed by atoms with E-state index < -0.39 is 0 Å². The quantitative estimate of drug-likeness (QED) is 0.463. The minimum atomic E-state index is -0.281. The molecule has 2 aromatic carbocycles. The molecule has 1 N–H and O–H groups in total. The highest BCUT2D eigenvalue weighted by Crippen LogP contribution is 2.27. The lowest BCUT2D eigenvalue weighted by atomic mass is 10.1. The van der Waals surface area contributed by atoms with Gasteiger partial charge in [-0.15, -0.1) is 0 Å². The number of hydrogen-bond acceptors (Lipinski definition) is 5. The Labute approximate surface area is 175 Å². The van der Waals surface area contributed by atoms with Gasteiger partial charge in [0.05, 0.1) is 12.3 Å². The second-order valence-corrected chi connectivity index (χ2v) is 7.21. The zero-order valence-corrected chi connectivity index (χ0v) is 17.0. The molecule has 0 fully saturated rings. The van der Waals surface area contributed by atoms with Gasteiger partial charge in [0.2, 0.25) is 0 Å². The monoisotopic (exact) mass is 404 g/mol. The van der Waals surface area contributed by atoms with Gasteiger partial charge in [-0.3, -0.25) is 9.69 Å². The number of ether oxygens (including phenoxy) is 1. The Morgan fingerprint density at radius 3 is 2.53 bits per heavy atom. The van der Waals surface area contributed by atoms with Gasteiger partial charge in [0, 0.05) is 17.5 Å². The van der Waals surface area contributed by atoms with Crippen molar-refractivity contribution in [1.29, 1.82) is 0 Å². The standard InChI is InChI=1S/C24H24N2O4/c1-26(2)20(22-13-8-14-28-22)15-25-24(27)23-19(16-29-17-9-4-3-5-10-17)18-11-6-7-12-21(18)30-23/h3-14,20H,15-16H2,1-2H3,(H,25,27). The first-order chi connectivity index (χ1) is 14.6. The van der Waals surface area contributed by atoms with Crippen LogP contribution < -0.4 is 10.1 Å². The average molecular weight is 404 g/mol. The molecule has 6 heteroatoms. The summed E-state index contributed by atoms with van der Waals surface area (Å²) in [6, 6.07) is 20.8. The lowest BCUT2D eigenvalue weighted by Crippen LogP contribution is -2.34. The van der Waals surface area contributed by atoms with Crippen LogP contribution in [0.15, 0.2) is 81.8 Å². The van der Waals surface area contributed by atoms with Gasteiger partial charge in [-0.05, 0) is 44.4 Å². The van der Waals surface area contributed by atoms with Crippen molar-refractivity contribution < 1.29 is 18.4 Å². The number of rotatable bonds is 8.